The maximum absolute atomic E-state index is 11.7. The van der Waals surface area contributed by atoms with Crippen LogP contribution in [0, 0.1) is 0 Å². The van der Waals surface area contributed by atoms with E-state index in [-0.39, 0.29) is 0 Å². The minimum absolute atomic E-state index is 0.551. The van der Waals surface area contributed by atoms with Crippen LogP contribution in [0.2, 0.25) is 0 Å². The molecule has 0 saturated heterocycles. The SMILES string of the molecule is CC(=O)N[C@@H](CF)C(=O)O. The zero-order chi connectivity index (χ0) is 8.15. The summed E-state index contributed by atoms with van der Waals surface area (Å²) >= 11 is 0. The Morgan fingerprint density at radius 1 is 1.70 bits per heavy atom. The largest absolute Gasteiger partial charge is 0.480 e. The van der Waals surface area contributed by atoms with E-state index in [1.807, 2.05) is 5.32 Å². The van der Waals surface area contributed by atoms with Gasteiger partial charge in [-0.3, -0.25) is 4.79 Å². The van der Waals surface area contributed by atoms with Crippen LogP contribution in [0.1, 0.15) is 6.92 Å². The molecule has 0 aromatic carbocycles. The fraction of sp³-hybridized carbons (Fsp3) is 0.600. The molecule has 0 saturated carbocycles. The minimum Gasteiger partial charge on any atom is -0.480 e. The van der Waals surface area contributed by atoms with Crippen LogP contribution < -0.4 is 5.32 Å². The lowest BCUT2D eigenvalue weighted by Crippen LogP contribution is -2.41. The second kappa shape index (κ2) is 3.81. The van der Waals surface area contributed by atoms with Crippen LogP contribution in [0.25, 0.3) is 0 Å². The number of aliphatic carboxylic acids is 1. The van der Waals surface area contributed by atoms with Gasteiger partial charge in [-0.2, -0.15) is 0 Å². The van der Waals surface area contributed by atoms with Crippen LogP contribution in [-0.2, 0) is 9.59 Å². The van der Waals surface area contributed by atoms with E-state index >= 15 is 0 Å². The second-order valence-electron chi connectivity index (χ2n) is 1.75. The van der Waals surface area contributed by atoms with Crippen molar-refractivity contribution in [2.75, 3.05) is 6.67 Å². The Kier molecular flexibility index (Phi) is 3.38. The molecule has 1 atom stereocenters. The molecular formula is C5H8FNO3. The molecule has 0 aromatic rings. The monoisotopic (exact) mass is 149 g/mol. The fourth-order valence-corrected chi connectivity index (χ4v) is 0.412. The van der Waals surface area contributed by atoms with E-state index in [1.165, 1.54) is 0 Å². The third kappa shape index (κ3) is 3.01. The number of halogens is 1. The third-order valence-corrected chi connectivity index (χ3v) is 0.830. The molecule has 0 aliphatic carbocycles. The van der Waals surface area contributed by atoms with E-state index in [0.29, 0.717) is 0 Å². The Morgan fingerprint density at radius 3 is 2.30 bits per heavy atom. The van der Waals surface area contributed by atoms with Crippen LogP contribution in [0.15, 0.2) is 0 Å². The minimum atomic E-state index is -1.41. The Hall–Kier alpha value is -1.13. The van der Waals surface area contributed by atoms with Gasteiger partial charge in [0.05, 0.1) is 0 Å². The predicted octanol–water partition coefficient (Wildman–Crippen LogP) is -0.455. The van der Waals surface area contributed by atoms with Crippen molar-refractivity contribution in [3.8, 4) is 0 Å². The van der Waals surface area contributed by atoms with Crippen molar-refractivity contribution < 1.29 is 19.1 Å². The predicted molar refractivity (Wildman–Crippen MR) is 31.2 cm³/mol. The zero-order valence-electron chi connectivity index (χ0n) is 5.43. The fourth-order valence-electron chi connectivity index (χ4n) is 0.412. The summed E-state index contributed by atoms with van der Waals surface area (Å²) in [6.07, 6.45) is 0. The van der Waals surface area contributed by atoms with E-state index < -0.39 is 24.6 Å². The number of alkyl halides is 1. The lowest BCUT2D eigenvalue weighted by molar-refractivity contribution is -0.141. The molecule has 0 rings (SSSR count). The molecule has 58 valence electrons. The van der Waals surface area contributed by atoms with Gasteiger partial charge in [-0.15, -0.1) is 0 Å². The van der Waals surface area contributed by atoms with Gasteiger partial charge in [-0.25, -0.2) is 9.18 Å². The van der Waals surface area contributed by atoms with Gasteiger partial charge in [0.2, 0.25) is 5.91 Å². The van der Waals surface area contributed by atoms with Gasteiger partial charge < -0.3 is 10.4 Å². The number of nitrogens with one attached hydrogen (secondary N) is 1. The standard InChI is InChI=1S/C5H8FNO3/c1-3(8)7-4(2-6)5(9)10/h4H,2H2,1H3,(H,7,8)(H,9,10)/t4-/m0/s1. The first-order valence-corrected chi connectivity index (χ1v) is 2.63. The highest BCUT2D eigenvalue weighted by atomic mass is 19.1. The normalized spacial score (nSPS) is 12.2. The zero-order valence-corrected chi connectivity index (χ0v) is 5.43. The van der Waals surface area contributed by atoms with Crippen LogP contribution in [-0.4, -0.2) is 29.7 Å². The van der Waals surface area contributed by atoms with Crippen LogP contribution in [0.4, 0.5) is 4.39 Å². The topological polar surface area (TPSA) is 66.4 Å². The van der Waals surface area contributed by atoms with Gasteiger partial charge in [-0.05, 0) is 0 Å². The van der Waals surface area contributed by atoms with Crippen molar-refractivity contribution in [3.63, 3.8) is 0 Å². The lowest BCUT2D eigenvalue weighted by atomic mass is 10.3. The van der Waals surface area contributed by atoms with Crippen molar-refractivity contribution in [2.24, 2.45) is 0 Å². The van der Waals surface area contributed by atoms with Crippen molar-refractivity contribution in [2.45, 2.75) is 13.0 Å². The molecular weight excluding hydrogens is 141 g/mol. The number of carbonyl (C=O) groups is 2. The molecule has 0 aliphatic rings. The van der Waals surface area contributed by atoms with E-state index in [4.69, 9.17) is 5.11 Å². The Bertz CT molecular complexity index is 148. The molecule has 0 aliphatic heterocycles. The van der Waals surface area contributed by atoms with Gasteiger partial charge in [0.25, 0.3) is 0 Å². The molecule has 1 amide bonds. The molecule has 0 spiro atoms. The highest BCUT2D eigenvalue weighted by molar-refractivity contribution is 5.82. The van der Waals surface area contributed by atoms with Crippen LogP contribution >= 0.6 is 0 Å². The molecule has 0 heterocycles. The first kappa shape index (κ1) is 8.87. The van der Waals surface area contributed by atoms with E-state index in [2.05, 4.69) is 0 Å². The molecule has 5 heteroatoms. The summed E-state index contributed by atoms with van der Waals surface area (Å²) in [4.78, 5) is 20.2. The Morgan fingerprint density at radius 2 is 2.20 bits per heavy atom. The average molecular weight is 149 g/mol. The highest BCUT2D eigenvalue weighted by Gasteiger charge is 2.16. The Labute approximate surface area is 57.0 Å². The molecule has 0 fully saturated rings. The summed E-state index contributed by atoms with van der Waals surface area (Å²) in [7, 11) is 0. The van der Waals surface area contributed by atoms with E-state index in [0.717, 1.165) is 6.92 Å². The van der Waals surface area contributed by atoms with Gasteiger partial charge in [0, 0.05) is 6.92 Å². The molecule has 0 aromatic heterocycles. The number of carboxylic acid groups (broad SMARTS) is 1. The number of amides is 1. The van der Waals surface area contributed by atoms with Crippen molar-refractivity contribution in [1.82, 2.24) is 5.32 Å². The van der Waals surface area contributed by atoms with E-state index in [9.17, 15) is 14.0 Å². The Balaban J connectivity index is 3.83. The highest BCUT2D eigenvalue weighted by Crippen LogP contribution is 1.84. The molecule has 10 heavy (non-hydrogen) atoms. The van der Waals surface area contributed by atoms with Gasteiger partial charge in [0.15, 0.2) is 6.04 Å². The maximum atomic E-state index is 11.7. The quantitative estimate of drug-likeness (QED) is 0.570. The number of hydrogen-bond acceptors (Lipinski definition) is 2. The number of carbonyl (C=O) groups excluding carboxylic acids is 1. The molecule has 0 radical (unpaired) electrons. The summed E-state index contributed by atoms with van der Waals surface area (Å²) in [6.45, 7) is 0.0422. The van der Waals surface area contributed by atoms with Crippen molar-refractivity contribution in [3.05, 3.63) is 0 Å². The van der Waals surface area contributed by atoms with Gasteiger partial charge >= 0.3 is 5.97 Å². The third-order valence-electron chi connectivity index (χ3n) is 0.830. The second-order valence-corrected chi connectivity index (χ2v) is 1.75. The smallest absolute Gasteiger partial charge is 0.328 e. The van der Waals surface area contributed by atoms with Crippen molar-refractivity contribution in [1.29, 1.82) is 0 Å². The lowest BCUT2D eigenvalue weighted by Gasteiger charge is -2.06. The number of hydrogen-bond donors (Lipinski definition) is 2. The number of rotatable bonds is 3. The van der Waals surface area contributed by atoms with Crippen LogP contribution in [0.3, 0.4) is 0 Å². The van der Waals surface area contributed by atoms with Crippen molar-refractivity contribution >= 4 is 11.9 Å². The summed E-state index contributed by atoms with van der Waals surface area (Å²) in [6, 6.07) is -1.41. The van der Waals surface area contributed by atoms with Gasteiger partial charge in [0.1, 0.15) is 6.67 Å². The molecule has 2 N–H and O–H groups in total. The summed E-state index contributed by atoms with van der Waals surface area (Å²) in [5.41, 5.74) is 0. The first-order valence-electron chi connectivity index (χ1n) is 2.63. The summed E-state index contributed by atoms with van der Waals surface area (Å²) < 4.78 is 11.7. The van der Waals surface area contributed by atoms with Gasteiger partial charge in [-0.1, -0.05) is 0 Å². The molecule has 0 unspecified atom stereocenters. The summed E-state index contributed by atoms with van der Waals surface area (Å²) in [5, 5.41) is 10.1. The molecule has 4 nitrogen and oxygen atoms in total. The maximum Gasteiger partial charge on any atom is 0.328 e. The average Bonchev–Trinajstić information content (AvgIpc) is 1.81. The van der Waals surface area contributed by atoms with E-state index in [1.54, 1.807) is 0 Å². The van der Waals surface area contributed by atoms with Crippen LogP contribution in [0.5, 0.6) is 0 Å². The summed E-state index contributed by atoms with van der Waals surface area (Å²) in [5.74, 6) is -1.91. The first-order chi connectivity index (χ1) is 4.57. The number of carboxylic acids is 1. The molecule has 0 bridgehead atoms.